The molecular weight excluding hydrogens is 327 g/mol. The molecule has 1 aliphatic carbocycles. The molecule has 0 bridgehead atoms. The molecule has 5 nitrogen and oxygen atoms in total. The summed E-state index contributed by atoms with van der Waals surface area (Å²) in [5, 5.41) is 10.00. The van der Waals surface area contributed by atoms with Crippen LogP contribution in [0, 0.1) is 0 Å². The Morgan fingerprint density at radius 3 is 2.17 bits per heavy atom. The van der Waals surface area contributed by atoms with Crippen molar-refractivity contribution in [2.75, 3.05) is 12.4 Å². The standard InChI is InChI=1S/C16H10F3NO4/c17-6-16(18,19)24-10-5-9(21)11-12(13(10)20)15(23)8-4-2-1-3-7(8)14(11)22/h1-5,21H,6,20H2. The first-order valence-electron chi connectivity index (χ1n) is 6.73. The zero-order valence-corrected chi connectivity index (χ0v) is 12.0. The van der Waals surface area contributed by atoms with Gasteiger partial charge in [0.05, 0.1) is 16.8 Å². The average molecular weight is 337 g/mol. The molecule has 0 spiro atoms. The van der Waals surface area contributed by atoms with E-state index in [2.05, 4.69) is 4.74 Å². The number of anilines is 1. The van der Waals surface area contributed by atoms with Crippen molar-refractivity contribution in [2.45, 2.75) is 6.11 Å². The van der Waals surface area contributed by atoms with Crippen molar-refractivity contribution >= 4 is 17.3 Å². The predicted molar refractivity (Wildman–Crippen MR) is 77.4 cm³/mol. The molecule has 0 radical (unpaired) electrons. The number of carbonyl (C=O) groups excluding carboxylic acids is 2. The quantitative estimate of drug-likeness (QED) is 0.566. The molecule has 0 saturated heterocycles. The number of carbonyl (C=O) groups is 2. The highest BCUT2D eigenvalue weighted by molar-refractivity contribution is 6.31. The molecule has 8 heteroatoms. The third-order valence-corrected chi connectivity index (χ3v) is 3.59. The van der Waals surface area contributed by atoms with Crippen LogP contribution in [0.1, 0.15) is 31.8 Å². The molecule has 124 valence electrons. The van der Waals surface area contributed by atoms with Gasteiger partial charge < -0.3 is 15.6 Å². The first kappa shape index (κ1) is 15.9. The number of alkyl halides is 3. The lowest BCUT2D eigenvalue weighted by molar-refractivity contribution is -0.186. The highest BCUT2D eigenvalue weighted by Crippen LogP contribution is 2.42. The molecule has 1 aliphatic rings. The van der Waals surface area contributed by atoms with Crippen LogP contribution in [0.3, 0.4) is 0 Å². The number of rotatable bonds is 3. The van der Waals surface area contributed by atoms with Gasteiger partial charge in [-0.3, -0.25) is 9.59 Å². The minimum Gasteiger partial charge on any atom is -0.507 e. The summed E-state index contributed by atoms with van der Waals surface area (Å²) in [5.74, 6) is -2.93. The fourth-order valence-corrected chi connectivity index (χ4v) is 2.55. The molecule has 0 heterocycles. The Bertz CT molecular complexity index is 880. The molecule has 3 rings (SSSR count). The lowest BCUT2D eigenvalue weighted by atomic mass is 9.82. The first-order chi connectivity index (χ1) is 11.3. The van der Waals surface area contributed by atoms with Crippen LogP contribution in [0.2, 0.25) is 0 Å². The van der Waals surface area contributed by atoms with Crippen LogP contribution >= 0.6 is 0 Å². The molecule has 0 unspecified atom stereocenters. The maximum Gasteiger partial charge on any atom is 0.427 e. The topological polar surface area (TPSA) is 89.6 Å². The third-order valence-electron chi connectivity index (χ3n) is 3.59. The van der Waals surface area contributed by atoms with Crippen LogP contribution in [0.4, 0.5) is 18.9 Å². The van der Waals surface area contributed by atoms with Gasteiger partial charge in [0, 0.05) is 17.2 Å². The lowest BCUT2D eigenvalue weighted by Gasteiger charge is -2.23. The smallest absolute Gasteiger partial charge is 0.427 e. The summed E-state index contributed by atoms with van der Waals surface area (Å²) in [6, 6.07) is 6.49. The molecule has 0 amide bonds. The second-order valence-electron chi connectivity index (χ2n) is 5.13. The largest absolute Gasteiger partial charge is 0.507 e. The van der Waals surface area contributed by atoms with E-state index in [1.54, 1.807) is 0 Å². The van der Waals surface area contributed by atoms with E-state index in [0.717, 1.165) is 0 Å². The van der Waals surface area contributed by atoms with Crippen LogP contribution in [0.5, 0.6) is 11.5 Å². The fraction of sp³-hybridized carbons (Fsp3) is 0.125. The molecular formula is C16H10F3NO4. The molecule has 3 N–H and O–H groups in total. The Kier molecular flexibility index (Phi) is 3.47. The number of ketones is 2. The minimum absolute atomic E-state index is 0.0236. The summed E-state index contributed by atoms with van der Waals surface area (Å²) < 4.78 is 42.6. The molecule has 0 fully saturated rings. The van der Waals surface area contributed by atoms with E-state index in [1.807, 2.05) is 0 Å². The van der Waals surface area contributed by atoms with Gasteiger partial charge in [-0.05, 0) is 0 Å². The second kappa shape index (κ2) is 5.26. The summed E-state index contributed by atoms with van der Waals surface area (Å²) in [6.07, 6.45) is -4.19. The van der Waals surface area contributed by atoms with E-state index >= 15 is 0 Å². The Hall–Kier alpha value is -3.03. The highest BCUT2D eigenvalue weighted by Gasteiger charge is 2.38. The molecule has 24 heavy (non-hydrogen) atoms. The molecule has 0 atom stereocenters. The molecule has 0 aromatic heterocycles. The van der Waals surface area contributed by atoms with Gasteiger partial charge in [0.15, 0.2) is 24.0 Å². The first-order valence-corrected chi connectivity index (χ1v) is 6.73. The lowest BCUT2D eigenvalue weighted by Crippen LogP contribution is -2.29. The number of phenolic OH excluding ortho intramolecular Hbond substituents is 1. The van der Waals surface area contributed by atoms with Gasteiger partial charge >= 0.3 is 6.11 Å². The van der Waals surface area contributed by atoms with Crippen LogP contribution < -0.4 is 10.5 Å². The maximum atomic E-state index is 13.1. The van der Waals surface area contributed by atoms with Gasteiger partial charge in [0.1, 0.15) is 5.75 Å². The van der Waals surface area contributed by atoms with Gasteiger partial charge in [-0.25, -0.2) is 4.39 Å². The summed E-state index contributed by atoms with van der Waals surface area (Å²) in [5.41, 5.74) is 4.36. The number of ether oxygens (including phenoxy) is 1. The van der Waals surface area contributed by atoms with E-state index in [4.69, 9.17) is 5.73 Å². The number of halogens is 3. The van der Waals surface area contributed by atoms with Crippen LogP contribution in [0.25, 0.3) is 0 Å². The van der Waals surface area contributed by atoms with E-state index < -0.39 is 52.7 Å². The van der Waals surface area contributed by atoms with E-state index in [9.17, 15) is 27.9 Å². The minimum atomic E-state index is -4.19. The summed E-state index contributed by atoms with van der Waals surface area (Å²) >= 11 is 0. The number of phenols is 1. The number of fused-ring (bicyclic) bond motifs is 2. The Morgan fingerprint density at radius 2 is 1.62 bits per heavy atom. The average Bonchev–Trinajstić information content (AvgIpc) is 2.55. The SMILES string of the molecule is Nc1c(OC(F)(F)CF)cc(O)c2c1C(=O)c1ccccc1C2=O. The monoisotopic (exact) mass is 337 g/mol. The number of nitrogens with two attached hydrogens (primary N) is 1. The Balaban J connectivity index is 2.23. The van der Waals surface area contributed by atoms with E-state index in [0.29, 0.717) is 6.07 Å². The van der Waals surface area contributed by atoms with Crippen molar-refractivity contribution < 1.29 is 32.6 Å². The van der Waals surface area contributed by atoms with Crippen LogP contribution in [0.15, 0.2) is 30.3 Å². The molecule has 2 aromatic carbocycles. The fourth-order valence-electron chi connectivity index (χ4n) is 2.55. The van der Waals surface area contributed by atoms with Crippen molar-refractivity contribution in [1.82, 2.24) is 0 Å². The van der Waals surface area contributed by atoms with E-state index in [1.165, 1.54) is 24.3 Å². The van der Waals surface area contributed by atoms with Crippen molar-refractivity contribution in [2.24, 2.45) is 0 Å². The maximum absolute atomic E-state index is 13.1. The Morgan fingerprint density at radius 1 is 1.08 bits per heavy atom. The summed E-state index contributed by atoms with van der Waals surface area (Å²) in [4.78, 5) is 25.0. The van der Waals surface area contributed by atoms with Crippen LogP contribution in [-0.2, 0) is 0 Å². The number of aromatic hydroxyl groups is 1. The van der Waals surface area contributed by atoms with Gasteiger partial charge in [-0.15, -0.1) is 0 Å². The normalized spacial score (nSPS) is 13.5. The van der Waals surface area contributed by atoms with Crippen molar-refractivity contribution in [1.29, 1.82) is 0 Å². The van der Waals surface area contributed by atoms with Gasteiger partial charge in [0.25, 0.3) is 0 Å². The van der Waals surface area contributed by atoms with Crippen LogP contribution in [-0.4, -0.2) is 29.5 Å². The number of benzene rings is 2. The Labute approximate surface area is 133 Å². The van der Waals surface area contributed by atoms with Crippen molar-refractivity contribution in [3.05, 3.63) is 52.6 Å². The van der Waals surface area contributed by atoms with Gasteiger partial charge in [-0.2, -0.15) is 8.78 Å². The summed E-state index contributed by atoms with van der Waals surface area (Å²) in [7, 11) is 0. The number of hydrogen-bond donors (Lipinski definition) is 2. The number of hydrogen-bond acceptors (Lipinski definition) is 5. The van der Waals surface area contributed by atoms with E-state index in [-0.39, 0.29) is 11.1 Å². The molecule has 0 aliphatic heterocycles. The summed E-state index contributed by atoms with van der Waals surface area (Å²) in [6.45, 7) is -2.13. The molecule has 0 saturated carbocycles. The third kappa shape index (κ3) is 2.27. The zero-order valence-electron chi connectivity index (χ0n) is 12.0. The second-order valence-corrected chi connectivity index (χ2v) is 5.13. The zero-order chi connectivity index (χ0) is 17.6. The van der Waals surface area contributed by atoms with Crippen molar-refractivity contribution in [3.63, 3.8) is 0 Å². The van der Waals surface area contributed by atoms with Crippen molar-refractivity contribution in [3.8, 4) is 11.5 Å². The molecule has 2 aromatic rings. The van der Waals surface area contributed by atoms with Gasteiger partial charge in [0.2, 0.25) is 0 Å². The number of nitrogen functional groups attached to an aromatic ring is 1. The highest BCUT2D eigenvalue weighted by atomic mass is 19.3. The predicted octanol–water partition coefficient (Wildman–Crippen LogP) is 2.69. The van der Waals surface area contributed by atoms with Gasteiger partial charge in [-0.1, -0.05) is 24.3 Å².